The van der Waals surface area contributed by atoms with Crippen molar-refractivity contribution in [1.82, 2.24) is 0 Å². The Hall–Kier alpha value is -0.410. The van der Waals surface area contributed by atoms with Crippen molar-refractivity contribution in [2.45, 2.75) is 129 Å². The van der Waals surface area contributed by atoms with Crippen molar-refractivity contribution in [3.63, 3.8) is 0 Å². The topological polar surface area (TPSA) is 46.5 Å². The van der Waals surface area contributed by atoms with E-state index in [1.807, 2.05) is 0 Å². The van der Waals surface area contributed by atoms with Crippen LogP contribution in [0, 0.1) is 34.5 Å². The van der Waals surface area contributed by atoms with Gasteiger partial charge < -0.3 is 9.84 Å². The zero-order valence-corrected chi connectivity index (χ0v) is 20.8. The van der Waals surface area contributed by atoms with Gasteiger partial charge >= 0.3 is 0 Å². The number of aliphatic hydroxyl groups is 1. The number of aliphatic hydroxyl groups excluding tert-OH is 1. The quantitative estimate of drug-likeness (QED) is 0.434. The Labute approximate surface area is 191 Å². The van der Waals surface area contributed by atoms with E-state index in [-0.39, 0.29) is 5.41 Å². The Morgan fingerprint density at radius 2 is 1.71 bits per heavy atom. The molecule has 4 fully saturated rings. The molecule has 178 valence electrons. The van der Waals surface area contributed by atoms with Gasteiger partial charge in [0.25, 0.3) is 0 Å². The fourth-order valence-corrected chi connectivity index (χ4v) is 9.18. The van der Waals surface area contributed by atoms with E-state index in [0.29, 0.717) is 41.8 Å². The van der Waals surface area contributed by atoms with E-state index in [9.17, 15) is 9.90 Å². The summed E-state index contributed by atoms with van der Waals surface area (Å²) in [6.07, 6.45) is 17.5. The summed E-state index contributed by atoms with van der Waals surface area (Å²) in [4.78, 5) is 13.6. The molecule has 3 heteroatoms. The van der Waals surface area contributed by atoms with Crippen LogP contribution in [0.2, 0.25) is 0 Å². The van der Waals surface area contributed by atoms with E-state index in [4.69, 9.17) is 4.74 Å². The van der Waals surface area contributed by atoms with Gasteiger partial charge in [0, 0.05) is 25.4 Å². The number of hydrogen-bond donors (Lipinski definition) is 1. The lowest BCUT2D eigenvalue weighted by Crippen LogP contribution is -2.67. The van der Waals surface area contributed by atoms with Crippen molar-refractivity contribution in [1.29, 1.82) is 0 Å². The Morgan fingerprint density at radius 3 is 2.45 bits per heavy atom. The fraction of sp³-hybridized carbons (Fsp3) is 0.964. The molecule has 4 saturated carbocycles. The molecule has 4 aliphatic carbocycles. The van der Waals surface area contributed by atoms with Gasteiger partial charge in [-0.2, -0.15) is 0 Å². The third-order valence-electron chi connectivity index (χ3n) is 11.0. The molecule has 0 bridgehead atoms. The van der Waals surface area contributed by atoms with Gasteiger partial charge in [0.15, 0.2) is 5.78 Å². The van der Waals surface area contributed by atoms with Crippen molar-refractivity contribution in [3.8, 4) is 0 Å². The second-order valence-electron chi connectivity index (χ2n) is 12.2. The van der Waals surface area contributed by atoms with Crippen molar-refractivity contribution < 1.29 is 14.6 Å². The first kappa shape index (κ1) is 23.7. The summed E-state index contributed by atoms with van der Waals surface area (Å²) in [7, 11) is 1.72. The van der Waals surface area contributed by atoms with Crippen LogP contribution in [0.5, 0.6) is 0 Å². The Kier molecular flexibility index (Phi) is 6.96. The molecule has 0 radical (unpaired) electrons. The maximum absolute atomic E-state index is 13.6. The van der Waals surface area contributed by atoms with Crippen LogP contribution in [0.1, 0.15) is 117 Å². The molecule has 8 atom stereocenters. The number of rotatable bonds is 8. The number of unbranched alkanes of at least 4 members (excludes halogenated alkanes) is 5. The number of hydrogen-bond acceptors (Lipinski definition) is 3. The Bertz CT molecular complexity index is 646. The minimum absolute atomic E-state index is 0.111. The number of carbonyl (C=O) groups is 1. The summed E-state index contributed by atoms with van der Waals surface area (Å²) < 4.78 is 6.06. The minimum atomic E-state index is -0.754. The lowest BCUT2D eigenvalue weighted by atomic mass is 9.42. The molecular weight excluding hydrogens is 384 g/mol. The average molecular weight is 433 g/mol. The van der Waals surface area contributed by atoms with Gasteiger partial charge in [0.2, 0.25) is 0 Å². The number of ketones is 1. The predicted octanol–water partition coefficient (Wildman–Crippen LogP) is 6.70. The van der Waals surface area contributed by atoms with E-state index in [2.05, 4.69) is 20.8 Å². The van der Waals surface area contributed by atoms with Crippen LogP contribution >= 0.6 is 0 Å². The van der Waals surface area contributed by atoms with Crippen LogP contribution in [0.15, 0.2) is 0 Å². The molecule has 0 heterocycles. The maximum atomic E-state index is 13.6. The highest BCUT2D eigenvalue weighted by atomic mass is 16.5. The van der Waals surface area contributed by atoms with Crippen LogP contribution < -0.4 is 0 Å². The van der Waals surface area contributed by atoms with Crippen molar-refractivity contribution in [2.24, 2.45) is 34.5 Å². The first-order valence-electron chi connectivity index (χ1n) is 13.6. The van der Waals surface area contributed by atoms with Crippen LogP contribution in [-0.2, 0) is 9.53 Å². The molecule has 0 aliphatic heterocycles. The van der Waals surface area contributed by atoms with Crippen LogP contribution in [0.25, 0.3) is 0 Å². The summed E-state index contributed by atoms with van der Waals surface area (Å²) >= 11 is 0. The second kappa shape index (κ2) is 9.09. The summed E-state index contributed by atoms with van der Waals surface area (Å²) in [5.41, 5.74) is -0.432. The zero-order chi connectivity index (χ0) is 22.3. The Morgan fingerprint density at radius 1 is 0.968 bits per heavy atom. The molecule has 0 aromatic heterocycles. The van der Waals surface area contributed by atoms with Gasteiger partial charge in [-0.15, -0.1) is 0 Å². The molecule has 31 heavy (non-hydrogen) atoms. The normalized spacial score (nSPS) is 47.0. The first-order valence-corrected chi connectivity index (χ1v) is 13.6. The SMILES string of the molecule is CCCCCCCC[C@H]1CC[C@H]2[C@@H]3CC(=O)[C@@]4(OC)C[C@H](O)CC[C@]4(C)[C@H]3CC[C@]12C. The van der Waals surface area contributed by atoms with Crippen LogP contribution in [0.3, 0.4) is 0 Å². The molecule has 0 aromatic carbocycles. The maximum Gasteiger partial charge on any atom is 0.165 e. The lowest BCUT2D eigenvalue weighted by Gasteiger charge is -2.64. The molecule has 1 N–H and O–H groups in total. The van der Waals surface area contributed by atoms with Gasteiger partial charge in [0.1, 0.15) is 5.60 Å². The van der Waals surface area contributed by atoms with Gasteiger partial charge in [0.05, 0.1) is 6.10 Å². The van der Waals surface area contributed by atoms with Gasteiger partial charge in [-0.1, -0.05) is 59.3 Å². The number of methoxy groups -OCH3 is 1. The minimum Gasteiger partial charge on any atom is -0.393 e. The number of Topliss-reactive ketones (excluding diaryl/α,β-unsaturated/α-hetero) is 1. The number of ether oxygens (including phenoxy) is 1. The van der Waals surface area contributed by atoms with Gasteiger partial charge in [-0.05, 0) is 74.0 Å². The van der Waals surface area contributed by atoms with E-state index in [1.165, 1.54) is 70.6 Å². The standard InChI is InChI=1S/C28H48O3/c1-5-6-7-8-9-10-11-20-12-13-23-22-18-25(30)28(31-4)19-21(29)14-17-27(28,3)24(22)15-16-26(20,23)2/h20-24,29H,5-19H2,1-4H3/t20-,21+,22-,23-,24-,26+,27+,28-/m0/s1. The molecule has 0 saturated heterocycles. The summed E-state index contributed by atoms with van der Waals surface area (Å²) in [5.74, 6) is 2.96. The van der Waals surface area contributed by atoms with Gasteiger partial charge in [-0.3, -0.25) is 4.79 Å². The molecule has 0 aromatic rings. The smallest absolute Gasteiger partial charge is 0.165 e. The van der Waals surface area contributed by atoms with Crippen LogP contribution in [-0.4, -0.2) is 29.7 Å². The van der Waals surface area contributed by atoms with E-state index < -0.39 is 11.7 Å². The largest absolute Gasteiger partial charge is 0.393 e. The van der Waals surface area contributed by atoms with Crippen molar-refractivity contribution in [3.05, 3.63) is 0 Å². The molecule has 4 aliphatic rings. The number of fused-ring (bicyclic) bond motifs is 5. The summed E-state index contributed by atoms with van der Waals surface area (Å²) in [6, 6.07) is 0. The summed E-state index contributed by atoms with van der Waals surface area (Å²) in [6.45, 7) is 7.21. The third-order valence-corrected chi connectivity index (χ3v) is 11.0. The zero-order valence-electron chi connectivity index (χ0n) is 20.8. The first-order chi connectivity index (χ1) is 14.8. The Balaban J connectivity index is 1.47. The highest BCUT2D eigenvalue weighted by Gasteiger charge is 2.68. The number of carbonyl (C=O) groups excluding carboxylic acids is 1. The van der Waals surface area contributed by atoms with Crippen LogP contribution in [0.4, 0.5) is 0 Å². The lowest BCUT2D eigenvalue weighted by molar-refractivity contribution is -0.222. The van der Waals surface area contributed by atoms with Gasteiger partial charge in [-0.25, -0.2) is 0 Å². The third kappa shape index (κ3) is 3.74. The summed E-state index contributed by atoms with van der Waals surface area (Å²) in [5, 5.41) is 10.4. The van der Waals surface area contributed by atoms with E-state index in [1.54, 1.807) is 7.11 Å². The van der Waals surface area contributed by atoms with Crippen molar-refractivity contribution in [2.75, 3.05) is 7.11 Å². The molecule has 0 unspecified atom stereocenters. The molecule has 0 spiro atoms. The highest BCUT2D eigenvalue weighted by molar-refractivity contribution is 5.90. The second-order valence-corrected chi connectivity index (χ2v) is 12.2. The predicted molar refractivity (Wildman–Crippen MR) is 126 cm³/mol. The molecular formula is C28H48O3. The fourth-order valence-electron chi connectivity index (χ4n) is 9.18. The average Bonchev–Trinajstić information content (AvgIpc) is 3.08. The monoisotopic (exact) mass is 432 g/mol. The molecule has 4 rings (SSSR count). The van der Waals surface area contributed by atoms with Crippen molar-refractivity contribution >= 4 is 5.78 Å². The van der Waals surface area contributed by atoms with E-state index in [0.717, 1.165) is 18.8 Å². The molecule has 0 amide bonds. The highest BCUT2D eigenvalue weighted by Crippen LogP contribution is 2.68. The van der Waals surface area contributed by atoms with E-state index >= 15 is 0 Å². The molecule has 3 nitrogen and oxygen atoms in total.